The van der Waals surface area contributed by atoms with Gasteiger partial charge in [0.2, 0.25) is 10.0 Å². The van der Waals surface area contributed by atoms with Crippen molar-refractivity contribution in [3.05, 3.63) is 30.3 Å². The maximum absolute atomic E-state index is 12.5. The predicted molar refractivity (Wildman–Crippen MR) is 68.2 cm³/mol. The van der Waals surface area contributed by atoms with Crippen molar-refractivity contribution in [3.63, 3.8) is 0 Å². The fraction of sp³-hybridized carbons (Fsp3) is 0.462. The summed E-state index contributed by atoms with van der Waals surface area (Å²) in [6, 6.07) is 10.5. The molecule has 1 aliphatic rings. The third-order valence-corrected chi connectivity index (χ3v) is 5.58. The summed E-state index contributed by atoms with van der Waals surface area (Å²) in [6.45, 7) is 0. The molecule has 0 unspecified atom stereocenters. The lowest BCUT2D eigenvalue weighted by molar-refractivity contribution is 0.293. The number of sulfonamides is 1. The first kappa shape index (κ1) is 13.1. The first-order valence-corrected chi connectivity index (χ1v) is 7.42. The van der Waals surface area contributed by atoms with Gasteiger partial charge in [-0.1, -0.05) is 31.0 Å². The van der Waals surface area contributed by atoms with Gasteiger partial charge in [-0.3, -0.25) is 0 Å². The molecule has 0 bridgehead atoms. The van der Waals surface area contributed by atoms with Gasteiger partial charge in [-0.15, -0.1) is 0 Å². The molecule has 1 aromatic carbocycles. The summed E-state index contributed by atoms with van der Waals surface area (Å²) in [5.41, 5.74) is -0.866. The van der Waals surface area contributed by atoms with Crippen LogP contribution in [0.3, 0.4) is 0 Å². The van der Waals surface area contributed by atoms with Gasteiger partial charge in [0.05, 0.1) is 11.0 Å². The quantitative estimate of drug-likeness (QED) is 0.840. The minimum atomic E-state index is -3.58. The maximum atomic E-state index is 12.5. The molecular formula is C13H16N2O2S. The third-order valence-electron chi connectivity index (χ3n) is 3.64. The Morgan fingerprint density at radius 3 is 2.28 bits per heavy atom. The van der Waals surface area contributed by atoms with Crippen molar-refractivity contribution in [1.82, 2.24) is 4.31 Å². The molecule has 0 amide bonds. The zero-order valence-electron chi connectivity index (χ0n) is 10.3. The van der Waals surface area contributed by atoms with E-state index in [1.807, 2.05) is 0 Å². The normalized spacial score (nSPS) is 18.7. The van der Waals surface area contributed by atoms with Crippen LogP contribution in [0.25, 0.3) is 0 Å². The minimum absolute atomic E-state index is 0.244. The van der Waals surface area contributed by atoms with Gasteiger partial charge < -0.3 is 0 Å². The van der Waals surface area contributed by atoms with Gasteiger partial charge in [0.1, 0.15) is 5.54 Å². The second kappa shape index (κ2) is 4.71. The molecule has 1 aromatic rings. The summed E-state index contributed by atoms with van der Waals surface area (Å²) >= 11 is 0. The zero-order valence-corrected chi connectivity index (χ0v) is 11.2. The van der Waals surface area contributed by atoms with E-state index >= 15 is 0 Å². The van der Waals surface area contributed by atoms with Crippen molar-refractivity contribution < 1.29 is 8.42 Å². The molecule has 1 fully saturated rings. The molecule has 0 aliphatic heterocycles. The Kier molecular flexibility index (Phi) is 3.42. The number of hydrogen-bond acceptors (Lipinski definition) is 3. The van der Waals surface area contributed by atoms with Gasteiger partial charge in [0.15, 0.2) is 0 Å². The number of nitrogens with zero attached hydrogens (tertiary/aromatic N) is 2. The Morgan fingerprint density at radius 2 is 1.78 bits per heavy atom. The highest BCUT2D eigenvalue weighted by Gasteiger charge is 2.44. The first-order chi connectivity index (χ1) is 8.53. The number of hydrogen-bond donors (Lipinski definition) is 0. The van der Waals surface area contributed by atoms with Gasteiger partial charge >= 0.3 is 0 Å². The molecule has 0 atom stereocenters. The van der Waals surface area contributed by atoms with Gasteiger partial charge in [-0.05, 0) is 25.0 Å². The fourth-order valence-electron chi connectivity index (χ4n) is 2.44. The van der Waals surface area contributed by atoms with Crippen molar-refractivity contribution in [2.24, 2.45) is 0 Å². The van der Waals surface area contributed by atoms with Gasteiger partial charge in [0, 0.05) is 7.05 Å². The average molecular weight is 264 g/mol. The Bertz CT molecular complexity index is 554. The second-order valence-corrected chi connectivity index (χ2v) is 6.61. The van der Waals surface area contributed by atoms with Crippen LogP contribution in [0.15, 0.2) is 35.2 Å². The lowest BCUT2D eigenvalue weighted by Crippen LogP contribution is -2.46. The van der Waals surface area contributed by atoms with Gasteiger partial charge in [-0.25, -0.2) is 8.42 Å². The second-order valence-electron chi connectivity index (χ2n) is 4.64. The van der Waals surface area contributed by atoms with Crippen LogP contribution in [0.4, 0.5) is 0 Å². The summed E-state index contributed by atoms with van der Waals surface area (Å²) < 4.78 is 26.2. The molecule has 2 rings (SSSR count). The molecule has 0 saturated heterocycles. The SMILES string of the molecule is CN(C1(C#N)CCCC1)S(=O)(=O)c1ccccc1. The van der Waals surface area contributed by atoms with Crippen LogP contribution >= 0.6 is 0 Å². The van der Waals surface area contributed by atoms with Crippen molar-refractivity contribution in [3.8, 4) is 6.07 Å². The van der Waals surface area contributed by atoms with E-state index in [0.29, 0.717) is 12.8 Å². The Labute approximate surface area is 108 Å². The Morgan fingerprint density at radius 1 is 1.22 bits per heavy atom. The van der Waals surface area contributed by atoms with E-state index in [0.717, 1.165) is 12.8 Å². The molecule has 1 saturated carbocycles. The van der Waals surface area contributed by atoms with Crippen LogP contribution < -0.4 is 0 Å². The van der Waals surface area contributed by atoms with Gasteiger partial charge in [0.25, 0.3) is 0 Å². The van der Waals surface area contributed by atoms with Crippen molar-refractivity contribution in [1.29, 1.82) is 5.26 Å². The monoisotopic (exact) mass is 264 g/mol. The lowest BCUT2D eigenvalue weighted by Gasteiger charge is -2.31. The standard InChI is InChI=1S/C13H16N2O2S/c1-15(13(11-14)9-5-6-10-13)18(16,17)12-7-3-2-4-8-12/h2-4,7-8H,5-6,9-10H2,1H3. The van der Waals surface area contributed by atoms with E-state index in [-0.39, 0.29) is 4.90 Å². The highest BCUT2D eigenvalue weighted by Crippen LogP contribution is 2.36. The molecule has 1 aliphatic carbocycles. The lowest BCUT2D eigenvalue weighted by atomic mass is 10.0. The summed E-state index contributed by atoms with van der Waals surface area (Å²) in [7, 11) is -2.07. The molecule has 0 radical (unpaired) electrons. The van der Waals surface area contributed by atoms with Crippen LogP contribution in [0.2, 0.25) is 0 Å². The van der Waals surface area contributed by atoms with E-state index < -0.39 is 15.6 Å². The van der Waals surface area contributed by atoms with Crippen LogP contribution in [-0.4, -0.2) is 25.3 Å². The Hall–Kier alpha value is -1.38. The number of rotatable bonds is 3. The number of nitriles is 1. The summed E-state index contributed by atoms with van der Waals surface area (Å²) in [5.74, 6) is 0. The topological polar surface area (TPSA) is 61.2 Å². The van der Waals surface area contributed by atoms with E-state index in [1.54, 1.807) is 30.3 Å². The zero-order chi connectivity index (χ0) is 13.2. The highest BCUT2D eigenvalue weighted by atomic mass is 32.2. The minimum Gasteiger partial charge on any atom is -0.207 e. The van der Waals surface area contributed by atoms with E-state index in [9.17, 15) is 13.7 Å². The summed E-state index contributed by atoms with van der Waals surface area (Å²) in [4.78, 5) is 0.244. The highest BCUT2D eigenvalue weighted by molar-refractivity contribution is 7.89. The third kappa shape index (κ3) is 2.02. The molecule has 4 nitrogen and oxygen atoms in total. The van der Waals surface area contributed by atoms with Crippen molar-refractivity contribution >= 4 is 10.0 Å². The molecule has 96 valence electrons. The van der Waals surface area contributed by atoms with Crippen LogP contribution in [0, 0.1) is 11.3 Å². The fourth-order valence-corrected chi connectivity index (χ4v) is 3.94. The Balaban J connectivity index is 2.40. The van der Waals surface area contributed by atoms with E-state index in [2.05, 4.69) is 6.07 Å². The average Bonchev–Trinajstić information content (AvgIpc) is 2.88. The summed E-state index contributed by atoms with van der Waals surface area (Å²) in [5, 5.41) is 9.34. The molecule has 18 heavy (non-hydrogen) atoms. The largest absolute Gasteiger partial charge is 0.244 e. The first-order valence-electron chi connectivity index (χ1n) is 5.98. The van der Waals surface area contributed by atoms with E-state index in [1.165, 1.54) is 11.4 Å². The smallest absolute Gasteiger partial charge is 0.207 e. The van der Waals surface area contributed by atoms with Crippen molar-refractivity contribution in [2.75, 3.05) is 7.05 Å². The predicted octanol–water partition coefficient (Wildman–Crippen LogP) is 2.14. The van der Waals surface area contributed by atoms with Crippen LogP contribution in [0.5, 0.6) is 0 Å². The van der Waals surface area contributed by atoms with E-state index in [4.69, 9.17) is 0 Å². The molecular weight excluding hydrogens is 248 g/mol. The molecule has 0 heterocycles. The number of benzene rings is 1. The molecule has 0 N–H and O–H groups in total. The molecule has 5 heteroatoms. The molecule has 0 aromatic heterocycles. The van der Waals surface area contributed by atoms with Crippen LogP contribution in [0.1, 0.15) is 25.7 Å². The maximum Gasteiger partial charge on any atom is 0.244 e. The molecule has 0 spiro atoms. The van der Waals surface area contributed by atoms with Crippen LogP contribution in [-0.2, 0) is 10.0 Å². The summed E-state index contributed by atoms with van der Waals surface area (Å²) in [6.07, 6.45) is 3.04. The van der Waals surface area contributed by atoms with Gasteiger partial charge in [-0.2, -0.15) is 9.57 Å². The van der Waals surface area contributed by atoms with Crippen molar-refractivity contribution in [2.45, 2.75) is 36.1 Å².